The van der Waals surface area contributed by atoms with Crippen LogP contribution < -0.4 is 4.90 Å². The number of piperazine rings is 1. The monoisotopic (exact) mass is 318 g/mol. The second kappa shape index (κ2) is 6.93. The summed E-state index contributed by atoms with van der Waals surface area (Å²) in [4.78, 5) is 31.3. The van der Waals surface area contributed by atoms with Crippen LogP contribution in [0.2, 0.25) is 0 Å². The number of aromatic nitrogens is 1. The fourth-order valence-corrected chi connectivity index (χ4v) is 3.52. The molecular formula is C16H22N4O3. The average molecular weight is 318 g/mol. The van der Waals surface area contributed by atoms with E-state index in [1.54, 1.807) is 12.3 Å². The number of anilines is 1. The maximum atomic E-state index is 12.6. The average Bonchev–Trinajstić information content (AvgIpc) is 2.62. The third kappa shape index (κ3) is 3.43. The number of pyridine rings is 1. The first-order chi connectivity index (χ1) is 11.2. The van der Waals surface area contributed by atoms with Gasteiger partial charge in [-0.05, 0) is 18.9 Å². The molecule has 0 spiro atoms. The van der Waals surface area contributed by atoms with E-state index in [-0.39, 0.29) is 17.5 Å². The van der Waals surface area contributed by atoms with Gasteiger partial charge in [-0.2, -0.15) is 0 Å². The second-order valence-electron chi connectivity index (χ2n) is 6.25. The van der Waals surface area contributed by atoms with E-state index >= 15 is 0 Å². The van der Waals surface area contributed by atoms with Gasteiger partial charge in [0.15, 0.2) is 0 Å². The van der Waals surface area contributed by atoms with Crippen molar-refractivity contribution in [1.29, 1.82) is 0 Å². The van der Waals surface area contributed by atoms with E-state index in [4.69, 9.17) is 0 Å². The van der Waals surface area contributed by atoms with Crippen molar-refractivity contribution in [3.63, 3.8) is 0 Å². The number of carbonyl (C=O) groups excluding carboxylic acids is 1. The van der Waals surface area contributed by atoms with Crippen molar-refractivity contribution in [3.8, 4) is 0 Å². The van der Waals surface area contributed by atoms with Gasteiger partial charge >= 0.3 is 5.69 Å². The standard InChI is InChI=1S/C16H22N4O3/c21-16(13-5-2-1-3-6-13)19-11-9-18(10-12-19)15-14(20(22)23)7-4-8-17-15/h4,7-8,13H,1-3,5-6,9-12H2. The van der Waals surface area contributed by atoms with Crippen LogP contribution in [0.4, 0.5) is 11.5 Å². The molecule has 7 heteroatoms. The lowest BCUT2D eigenvalue weighted by atomic mass is 9.88. The Balaban J connectivity index is 1.62. The lowest BCUT2D eigenvalue weighted by Gasteiger charge is -2.37. The molecule has 0 N–H and O–H groups in total. The number of rotatable bonds is 3. The third-order valence-corrected chi connectivity index (χ3v) is 4.81. The summed E-state index contributed by atoms with van der Waals surface area (Å²) in [6.45, 7) is 2.42. The van der Waals surface area contributed by atoms with Crippen LogP contribution in [0, 0.1) is 16.0 Å². The molecule has 1 amide bonds. The van der Waals surface area contributed by atoms with E-state index in [1.165, 1.54) is 12.5 Å². The molecule has 0 unspecified atom stereocenters. The SMILES string of the molecule is O=C(C1CCCCC1)N1CCN(c2ncccc2[N+](=O)[O-])CC1. The van der Waals surface area contributed by atoms with E-state index in [2.05, 4.69) is 4.98 Å². The zero-order chi connectivity index (χ0) is 16.2. The Morgan fingerprint density at radius 3 is 2.52 bits per heavy atom. The Labute approximate surface area is 135 Å². The molecule has 2 heterocycles. The van der Waals surface area contributed by atoms with E-state index < -0.39 is 4.92 Å². The topological polar surface area (TPSA) is 79.6 Å². The van der Waals surface area contributed by atoms with Crippen LogP contribution in [-0.2, 0) is 4.79 Å². The lowest BCUT2D eigenvalue weighted by Crippen LogP contribution is -2.51. The zero-order valence-electron chi connectivity index (χ0n) is 13.2. The molecule has 1 aliphatic heterocycles. The summed E-state index contributed by atoms with van der Waals surface area (Å²) >= 11 is 0. The first kappa shape index (κ1) is 15.7. The molecule has 0 bridgehead atoms. The van der Waals surface area contributed by atoms with Gasteiger partial charge in [-0.15, -0.1) is 0 Å². The van der Waals surface area contributed by atoms with Gasteiger partial charge < -0.3 is 9.80 Å². The molecule has 1 saturated carbocycles. The van der Waals surface area contributed by atoms with Crippen LogP contribution in [0.1, 0.15) is 32.1 Å². The van der Waals surface area contributed by atoms with E-state index in [0.717, 1.165) is 25.7 Å². The summed E-state index contributed by atoms with van der Waals surface area (Å²) in [5.41, 5.74) is 0.0274. The Morgan fingerprint density at radius 2 is 1.87 bits per heavy atom. The van der Waals surface area contributed by atoms with Crippen molar-refractivity contribution in [1.82, 2.24) is 9.88 Å². The highest BCUT2D eigenvalue weighted by atomic mass is 16.6. The summed E-state index contributed by atoms with van der Waals surface area (Å²) in [6.07, 6.45) is 7.12. The van der Waals surface area contributed by atoms with Crippen LogP contribution >= 0.6 is 0 Å². The van der Waals surface area contributed by atoms with Crippen LogP contribution in [0.15, 0.2) is 18.3 Å². The third-order valence-electron chi connectivity index (χ3n) is 4.81. The van der Waals surface area contributed by atoms with E-state index in [1.807, 2.05) is 9.80 Å². The van der Waals surface area contributed by atoms with Crippen molar-refractivity contribution in [3.05, 3.63) is 28.4 Å². The normalized spacial score (nSPS) is 19.7. The van der Waals surface area contributed by atoms with Gasteiger partial charge in [0.25, 0.3) is 0 Å². The predicted octanol–water partition coefficient (Wildman–Crippen LogP) is 2.22. The number of nitro groups is 1. The quantitative estimate of drug-likeness (QED) is 0.630. The molecule has 7 nitrogen and oxygen atoms in total. The van der Waals surface area contributed by atoms with Gasteiger partial charge in [0.2, 0.25) is 11.7 Å². The molecule has 0 atom stereocenters. The minimum absolute atomic E-state index is 0.0274. The Hall–Kier alpha value is -2.18. The molecule has 23 heavy (non-hydrogen) atoms. The fraction of sp³-hybridized carbons (Fsp3) is 0.625. The van der Waals surface area contributed by atoms with Crippen LogP contribution in [0.25, 0.3) is 0 Å². The van der Waals surface area contributed by atoms with Crippen LogP contribution in [0.3, 0.4) is 0 Å². The van der Waals surface area contributed by atoms with Gasteiger partial charge in [0.1, 0.15) is 0 Å². The second-order valence-corrected chi connectivity index (χ2v) is 6.25. The summed E-state index contributed by atoms with van der Waals surface area (Å²) < 4.78 is 0. The van der Waals surface area contributed by atoms with Gasteiger partial charge in [0.05, 0.1) is 4.92 Å². The van der Waals surface area contributed by atoms with Gasteiger partial charge in [-0.3, -0.25) is 14.9 Å². The van der Waals surface area contributed by atoms with Crippen molar-refractivity contribution in [2.45, 2.75) is 32.1 Å². The minimum Gasteiger partial charge on any atom is -0.347 e. The predicted molar refractivity (Wildman–Crippen MR) is 86.3 cm³/mol. The van der Waals surface area contributed by atoms with Gasteiger partial charge in [0, 0.05) is 44.4 Å². The van der Waals surface area contributed by atoms with Gasteiger partial charge in [-0.25, -0.2) is 4.98 Å². The molecular weight excluding hydrogens is 296 g/mol. The summed E-state index contributed by atoms with van der Waals surface area (Å²) in [7, 11) is 0. The van der Waals surface area contributed by atoms with Crippen molar-refractivity contribution in [2.24, 2.45) is 5.92 Å². The highest BCUT2D eigenvalue weighted by Crippen LogP contribution is 2.28. The summed E-state index contributed by atoms with van der Waals surface area (Å²) in [5, 5.41) is 11.1. The number of carbonyl (C=O) groups is 1. The maximum absolute atomic E-state index is 12.6. The summed E-state index contributed by atoms with van der Waals surface area (Å²) in [5.74, 6) is 0.849. The number of nitrogens with zero attached hydrogens (tertiary/aromatic N) is 4. The summed E-state index contributed by atoms with van der Waals surface area (Å²) in [6, 6.07) is 3.05. The zero-order valence-corrected chi connectivity index (χ0v) is 13.2. The van der Waals surface area contributed by atoms with Crippen molar-refractivity contribution in [2.75, 3.05) is 31.1 Å². The highest BCUT2D eigenvalue weighted by Gasteiger charge is 2.30. The van der Waals surface area contributed by atoms with Crippen molar-refractivity contribution < 1.29 is 9.72 Å². The molecule has 124 valence electrons. The molecule has 0 radical (unpaired) electrons. The van der Waals surface area contributed by atoms with E-state index in [9.17, 15) is 14.9 Å². The largest absolute Gasteiger partial charge is 0.347 e. The Kier molecular flexibility index (Phi) is 4.73. The fourth-order valence-electron chi connectivity index (χ4n) is 3.52. The molecule has 2 fully saturated rings. The van der Waals surface area contributed by atoms with Crippen LogP contribution in [-0.4, -0.2) is 46.9 Å². The maximum Gasteiger partial charge on any atom is 0.311 e. The number of hydrogen-bond acceptors (Lipinski definition) is 5. The Morgan fingerprint density at radius 1 is 1.17 bits per heavy atom. The molecule has 1 aromatic rings. The smallest absolute Gasteiger partial charge is 0.311 e. The molecule has 1 saturated heterocycles. The molecule has 1 aromatic heterocycles. The Bertz CT molecular complexity index is 578. The van der Waals surface area contributed by atoms with Crippen molar-refractivity contribution >= 4 is 17.4 Å². The molecule has 2 aliphatic rings. The van der Waals surface area contributed by atoms with E-state index in [0.29, 0.717) is 32.0 Å². The van der Waals surface area contributed by atoms with Crippen LogP contribution in [0.5, 0.6) is 0 Å². The highest BCUT2D eigenvalue weighted by molar-refractivity contribution is 5.79. The number of hydrogen-bond donors (Lipinski definition) is 0. The molecule has 0 aromatic carbocycles. The first-order valence-corrected chi connectivity index (χ1v) is 8.30. The number of amides is 1. The van der Waals surface area contributed by atoms with Gasteiger partial charge in [-0.1, -0.05) is 19.3 Å². The lowest BCUT2D eigenvalue weighted by molar-refractivity contribution is -0.384. The molecule has 3 rings (SSSR count). The molecule has 1 aliphatic carbocycles. The minimum atomic E-state index is -0.401. The first-order valence-electron chi connectivity index (χ1n) is 8.30.